The smallest absolute Gasteiger partial charge is 0.255 e. The first-order valence-electron chi connectivity index (χ1n) is 10.3. The van der Waals surface area contributed by atoms with Gasteiger partial charge >= 0.3 is 0 Å². The van der Waals surface area contributed by atoms with Crippen LogP contribution < -0.4 is 10.1 Å². The summed E-state index contributed by atoms with van der Waals surface area (Å²) in [5.74, 6) is 1.03. The molecule has 0 bridgehead atoms. The molecule has 7 nitrogen and oxygen atoms in total. The first-order valence-corrected chi connectivity index (χ1v) is 11.9. The SMILES string of the molecule is O=C(Nc1ccc(Oc2ccccc2)cc1)c1ccc(CS(=O)(=O)N2CCOCC2)cc1. The van der Waals surface area contributed by atoms with Crippen molar-refractivity contribution < 1.29 is 22.7 Å². The lowest BCUT2D eigenvalue weighted by Gasteiger charge is -2.26. The molecule has 1 aliphatic rings. The van der Waals surface area contributed by atoms with E-state index < -0.39 is 10.0 Å². The number of ether oxygens (including phenoxy) is 2. The monoisotopic (exact) mass is 452 g/mol. The molecule has 0 radical (unpaired) electrons. The van der Waals surface area contributed by atoms with Gasteiger partial charge in [0, 0.05) is 24.3 Å². The van der Waals surface area contributed by atoms with Crippen molar-refractivity contribution in [1.29, 1.82) is 0 Å². The van der Waals surface area contributed by atoms with Crippen molar-refractivity contribution >= 4 is 21.6 Å². The number of hydrogen-bond acceptors (Lipinski definition) is 5. The molecule has 4 rings (SSSR count). The zero-order chi connectivity index (χ0) is 22.4. The van der Waals surface area contributed by atoms with Crippen LogP contribution in [0.15, 0.2) is 78.9 Å². The molecule has 0 aromatic heterocycles. The normalized spacial score (nSPS) is 14.6. The summed E-state index contributed by atoms with van der Waals surface area (Å²) in [4.78, 5) is 12.6. The number of nitrogens with zero attached hydrogens (tertiary/aromatic N) is 1. The zero-order valence-corrected chi connectivity index (χ0v) is 18.3. The summed E-state index contributed by atoms with van der Waals surface area (Å²) in [6.45, 7) is 1.57. The number of benzene rings is 3. The molecule has 8 heteroatoms. The average Bonchev–Trinajstić information content (AvgIpc) is 2.82. The Labute approximate surface area is 187 Å². The van der Waals surface area contributed by atoms with Gasteiger partial charge in [0.15, 0.2) is 0 Å². The second-order valence-corrected chi connectivity index (χ2v) is 9.33. The number of carbonyl (C=O) groups is 1. The number of carbonyl (C=O) groups excluding carboxylic acids is 1. The van der Waals surface area contributed by atoms with Gasteiger partial charge in [-0.2, -0.15) is 4.31 Å². The first-order chi connectivity index (χ1) is 15.5. The summed E-state index contributed by atoms with van der Waals surface area (Å²) in [5.41, 5.74) is 1.71. The molecule has 0 spiro atoms. The fraction of sp³-hybridized carbons (Fsp3) is 0.208. The minimum atomic E-state index is -3.40. The van der Waals surface area contributed by atoms with Crippen LogP contribution in [0.3, 0.4) is 0 Å². The minimum absolute atomic E-state index is 0.0994. The zero-order valence-electron chi connectivity index (χ0n) is 17.4. The van der Waals surface area contributed by atoms with Crippen LogP contribution in [0.1, 0.15) is 15.9 Å². The third-order valence-electron chi connectivity index (χ3n) is 5.02. The van der Waals surface area contributed by atoms with Gasteiger partial charge in [0.2, 0.25) is 10.0 Å². The molecule has 0 unspecified atom stereocenters. The van der Waals surface area contributed by atoms with Crippen molar-refractivity contribution in [2.24, 2.45) is 0 Å². The average molecular weight is 453 g/mol. The van der Waals surface area contributed by atoms with E-state index in [0.29, 0.717) is 48.9 Å². The van der Waals surface area contributed by atoms with Gasteiger partial charge in [-0.25, -0.2) is 8.42 Å². The topological polar surface area (TPSA) is 84.9 Å². The maximum Gasteiger partial charge on any atom is 0.255 e. The Morgan fingerprint density at radius 2 is 1.50 bits per heavy atom. The van der Waals surface area contributed by atoms with Gasteiger partial charge in [-0.15, -0.1) is 0 Å². The molecule has 0 saturated carbocycles. The molecule has 1 amide bonds. The standard InChI is InChI=1S/C24H24N2O5S/c27-24(25-21-10-12-23(13-11-21)31-22-4-2-1-3-5-22)20-8-6-19(7-9-20)18-32(28,29)26-14-16-30-17-15-26/h1-13H,14-18H2,(H,25,27). The van der Waals surface area contributed by atoms with Gasteiger partial charge in [-0.3, -0.25) is 4.79 Å². The van der Waals surface area contributed by atoms with Gasteiger partial charge in [-0.1, -0.05) is 30.3 Å². The van der Waals surface area contributed by atoms with Crippen LogP contribution in [0, 0.1) is 0 Å². The van der Waals surface area contributed by atoms with Crippen LogP contribution in [0.5, 0.6) is 11.5 Å². The lowest BCUT2D eigenvalue weighted by atomic mass is 10.1. The Hall–Kier alpha value is -3.20. The maximum absolute atomic E-state index is 12.6. The van der Waals surface area contributed by atoms with E-state index in [-0.39, 0.29) is 11.7 Å². The Balaban J connectivity index is 1.34. The van der Waals surface area contributed by atoms with Gasteiger partial charge in [0.25, 0.3) is 5.91 Å². The van der Waals surface area contributed by atoms with Crippen molar-refractivity contribution in [3.05, 3.63) is 90.0 Å². The number of hydrogen-bond donors (Lipinski definition) is 1. The van der Waals surface area contributed by atoms with Gasteiger partial charge < -0.3 is 14.8 Å². The summed E-state index contributed by atoms with van der Waals surface area (Å²) < 4.78 is 37.5. The van der Waals surface area contributed by atoms with E-state index in [1.165, 1.54) is 4.31 Å². The van der Waals surface area contributed by atoms with E-state index in [1.807, 2.05) is 30.3 Å². The summed E-state index contributed by atoms with van der Waals surface area (Å²) >= 11 is 0. The predicted octanol–water partition coefficient (Wildman–Crippen LogP) is 3.89. The van der Waals surface area contributed by atoms with Crippen molar-refractivity contribution in [2.75, 3.05) is 31.6 Å². The van der Waals surface area contributed by atoms with E-state index in [4.69, 9.17) is 9.47 Å². The fourth-order valence-electron chi connectivity index (χ4n) is 3.31. The number of sulfonamides is 1. The number of rotatable bonds is 7. The van der Waals surface area contributed by atoms with Crippen molar-refractivity contribution in [1.82, 2.24) is 4.31 Å². The number of amides is 1. The number of nitrogens with one attached hydrogen (secondary N) is 1. The second kappa shape index (κ2) is 9.95. The molecule has 1 fully saturated rings. The highest BCUT2D eigenvalue weighted by Crippen LogP contribution is 2.23. The molecule has 1 aliphatic heterocycles. The molecular formula is C24H24N2O5S. The van der Waals surface area contributed by atoms with Crippen molar-refractivity contribution in [3.63, 3.8) is 0 Å². The van der Waals surface area contributed by atoms with Gasteiger partial charge in [-0.05, 0) is 54.1 Å². The summed E-state index contributed by atoms with van der Waals surface area (Å²) in [6.07, 6.45) is 0. The fourth-order valence-corrected chi connectivity index (χ4v) is 4.81. The number of morpholine rings is 1. The molecule has 0 atom stereocenters. The molecule has 32 heavy (non-hydrogen) atoms. The molecule has 3 aromatic rings. The van der Waals surface area contributed by atoms with Gasteiger partial charge in [0.05, 0.1) is 19.0 Å². The lowest BCUT2D eigenvalue weighted by Crippen LogP contribution is -2.41. The van der Waals surface area contributed by atoms with Crippen LogP contribution in [0.4, 0.5) is 5.69 Å². The third kappa shape index (κ3) is 5.73. The van der Waals surface area contributed by atoms with Crippen molar-refractivity contribution in [3.8, 4) is 11.5 Å². The molecule has 3 aromatic carbocycles. The quantitative estimate of drug-likeness (QED) is 0.588. The number of para-hydroxylation sites is 1. The predicted molar refractivity (Wildman–Crippen MR) is 122 cm³/mol. The van der Waals surface area contributed by atoms with E-state index in [1.54, 1.807) is 48.5 Å². The van der Waals surface area contributed by atoms with Gasteiger partial charge in [0.1, 0.15) is 11.5 Å². The Kier molecular flexibility index (Phi) is 6.84. The molecule has 166 valence electrons. The largest absolute Gasteiger partial charge is 0.457 e. The Bertz CT molecular complexity index is 1140. The van der Waals surface area contributed by atoms with E-state index in [2.05, 4.69) is 5.32 Å². The van der Waals surface area contributed by atoms with Crippen LogP contribution in [0.25, 0.3) is 0 Å². The van der Waals surface area contributed by atoms with Crippen molar-refractivity contribution in [2.45, 2.75) is 5.75 Å². The molecule has 1 saturated heterocycles. The second-order valence-electron chi connectivity index (χ2n) is 7.36. The highest BCUT2D eigenvalue weighted by molar-refractivity contribution is 7.88. The van der Waals surface area contributed by atoms with Crippen LogP contribution >= 0.6 is 0 Å². The van der Waals surface area contributed by atoms with Crippen LogP contribution in [0.2, 0.25) is 0 Å². The highest BCUT2D eigenvalue weighted by atomic mass is 32.2. The maximum atomic E-state index is 12.6. The molecule has 1 N–H and O–H groups in total. The number of anilines is 1. The third-order valence-corrected chi connectivity index (χ3v) is 6.87. The van der Waals surface area contributed by atoms with E-state index in [0.717, 1.165) is 5.75 Å². The van der Waals surface area contributed by atoms with Crippen LogP contribution in [-0.4, -0.2) is 44.9 Å². The van der Waals surface area contributed by atoms with Crippen LogP contribution in [-0.2, 0) is 20.5 Å². The molecule has 0 aliphatic carbocycles. The lowest BCUT2D eigenvalue weighted by molar-refractivity contribution is 0.0729. The summed E-state index contributed by atoms with van der Waals surface area (Å²) in [6, 6.07) is 23.1. The minimum Gasteiger partial charge on any atom is -0.457 e. The molecular weight excluding hydrogens is 428 g/mol. The summed E-state index contributed by atoms with van der Waals surface area (Å²) in [7, 11) is -3.40. The Morgan fingerprint density at radius 3 is 2.16 bits per heavy atom. The van der Waals surface area contributed by atoms with E-state index in [9.17, 15) is 13.2 Å². The first kappa shape index (κ1) is 22.0. The Morgan fingerprint density at radius 1 is 0.875 bits per heavy atom. The van der Waals surface area contributed by atoms with E-state index >= 15 is 0 Å². The molecule has 1 heterocycles. The highest BCUT2D eigenvalue weighted by Gasteiger charge is 2.24. The summed E-state index contributed by atoms with van der Waals surface area (Å²) in [5, 5.41) is 2.83.